The molecule has 0 heterocycles. The van der Waals surface area contributed by atoms with Crippen molar-refractivity contribution in [3.05, 3.63) is 23.8 Å². The fourth-order valence-corrected chi connectivity index (χ4v) is 1.99. The minimum atomic E-state index is -0.434. The van der Waals surface area contributed by atoms with Gasteiger partial charge in [0.15, 0.2) is 0 Å². The first-order valence-electron chi connectivity index (χ1n) is 7.11. The van der Waals surface area contributed by atoms with Gasteiger partial charge in [-0.2, -0.15) is 0 Å². The van der Waals surface area contributed by atoms with Crippen molar-refractivity contribution in [2.24, 2.45) is 0 Å². The van der Waals surface area contributed by atoms with Gasteiger partial charge in [-0.15, -0.1) is 0 Å². The summed E-state index contributed by atoms with van der Waals surface area (Å²) in [5.41, 5.74) is 7.25. The third kappa shape index (κ3) is 4.66. The minimum Gasteiger partial charge on any atom is -0.465 e. The molecule has 114 valence electrons. The van der Waals surface area contributed by atoms with Crippen LogP contribution < -0.4 is 16.4 Å². The van der Waals surface area contributed by atoms with E-state index < -0.39 is 5.97 Å². The van der Waals surface area contributed by atoms with E-state index in [1.165, 1.54) is 7.11 Å². The fourth-order valence-electron chi connectivity index (χ4n) is 1.99. The third-order valence-electron chi connectivity index (χ3n) is 3.29. The second-order valence-electron chi connectivity index (χ2n) is 5.17. The molecule has 0 bridgehead atoms. The van der Waals surface area contributed by atoms with Crippen LogP contribution in [0.25, 0.3) is 0 Å². The highest BCUT2D eigenvalue weighted by Crippen LogP contribution is 2.20. The van der Waals surface area contributed by atoms with Crippen LogP contribution in [0.1, 0.15) is 36.0 Å². The van der Waals surface area contributed by atoms with E-state index >= 15 is 0 Å². The van der Waals surface area contributed by atoms with Gasteiger partial charge in [0, 0.05) is 30.4 Å². The van der Waals surface area contributed by atoms with Crippen LogP contribution in [0.3, 0.4) is 0 Å². The molecule has 0 unspecified atom stereocenters. The number of amides is 1. The monoisotopic (exact) mass is 291 g/mol. The Labute approximate surface area is 124 Å². The third-order valence-corrected chi connectivity index (χ3v) is 3.29. The maximum atomic E-state index is 11.7. The van der Waals surface area contributed by atoms with Crippen molar-refractivity contribution >= 4 is 23.3 Å². The Bertz CT molecular complexity index is 527. The van der Waals surface area contributed by atoms with Crippen molar-refractivity contribution in [3.8, 4) is 0 Å². The molecule has 0 saturated heterocycles. The molecule has 6 nitrogen and oxygen atoms in total. The van der Waals surface area contributed by atoms with Gasteiger partial charge in [0.25, 0.3) is 0 Å². The molecule has 0 atom stereocenters. The Morgan fingerprint density at radius 2 is 2.14 bits per heavy atom. The minimum absolute atomic E-state index is 0.0878. The normalized spacial score (nSPS) is 13.6. The van der Waals surface area contributed by atoms with Crippen molar-refractivity contribution < 1.29 is 14.3 Å². The number of nitrogens with one attached hydrogen (secondary N) is 2. The van der Waals surface area contributed by atoms with Crippen LogP contribution in [0.5, 0.6) is 0 Å². The van der Waals surface area contributed by atoms with Crippen LogP contribution in [-0.2, 0) is 9.53 Å². The molecule has 1 amide bonds. The summed E-state index contributed by atoms with van der Waals surface area (Å²) in [6.45, 7) is 0.603. The van der Waals surface area contributed by atoms with Gasteiger partial charge in [-0.3, -0.25) is 4.79 Å². The van der Waals surface area contributed by atoms with Crippen LogP contribution in [-0.4, -0.2) is 31.6 Å². The zero-order valence-corrected chi connectivity index (χ0v) is 12.1. The van der Waals surface area contributed by atoms with E-state index in [4.69, 9.17) is 10.5 Å². The Morgan fingerprint density at radius 3 is 2.81 bits per heavy atom. The molecular weight excluding hydrogens is 270 g/mol. The molecule has 6 heteroatoms. The van der Waals surface area contributed by atoms with Crippen molar-refractivity contribution in [1.29, 1.82) is 0 Å². The lowest BCUT2D eigenvalue weighted by Crippen LogP contribution is -2.25. The molecule has 0 spiro atoms. The molecule has 4 N–H and O–H groups in total. The van der Waals surface area contributed by atoms with E-state index in [0.29, 0.717) is 42.4 Å². The van der Waals surface area contributed by atoms with E-state index in [0.717, 1.165) is 12.8 Å². The number of anilines is 2. The number of hydrogen-bond donors (Lipinski definition) is 3. The summed E-state index contributed by atoms with van der Waals surface area (Å²) in [5.74, 6) is -0.346. The lowest BCUT2D eigenvalue weighted by atomic mass is 10.1. The highest BCUT2D eigenvalue weighted by atomic mass is 16.5. The average Bonchev–Trinajstić information content (AvgIpc) is 3.27. The van der Waals surface area contributed by atoms with Gasteiger partial charge in [0.2, 0.25) is 5.91 Å². The Hall–Kier alpha value is -2.24. The number of rotatable bonds is 7. The number of nitrogen functional groups attached to an aromatic ring is 1. The Kier molecular flexibility index (Phi) is 5.03. The summed E-state index contributed by atoms with van der Waals surface area (Å²) in [4.78, 5) is 23.2. The second kappa shape index (κ2) is 6.97. The van der Waals surface area contributed by atoms with Gasteiger partial charge < -0.3 is 21.1 Å². The molecule has 1 aromatic rings. The number of ether oxygens (including phenoxy) is 1. The molecule has 0 aromatic heterocycles. The molecule has 0 aliphatic heterocycles. The quantitative estimate of drug-likeness (QED) is 0.402. The molecule has 1 aliphatic rings. The number of carbonyl (C=O) groups excluding carboxylic acids is 2. The maximum absolute atomic E-state index is 11.7. The van der Waals surface area contributed by atoms with E-state index in [1.807, 2.05) is 0 Å². The van der Waals surface area contributed by atoms with Crippen LogP contribution in [0.15, 0.2) is 18.2 Å². The lowest BCUT2D eigenvalue weighted by Gasteiger charge is -2.11. The van der Waals surface area contributed by atoms with E-state index in [-0.39, 0.29) is 5.91 Å². The summed E-state index contributed by atoms with van der Waals surface area (Å²) < 4.78 is 4.73. The van der Waals surface area contributed by atoms with Crippen LogP contribution in [0.2, 0.25) is 0 Å². The predicted molar refractivity (Wildman–Crippen MR) is 81.1 cm³/mol. The van der Waals surface area contributed by atoms with Gasteiger partial charge in [0.05, 0.1) is 12.7 Å². The van der Waals surface area contributed by atoms with Gasteiger partial charge in [0.1, 0.15) is 0 Å². The van der Waals surface area contributed by atoms with Gasteiger partial charge >= 0.3 is 5.97 Å². The van der Waals surface area contributed by atoms with Crippen molar-refractivity contribution in [3.63, 3.8) is 0 Å². The average molecular weight is 291 g/mol. The fraction of sp³-hybridized carbons (Fsp3) is 0.467. The van der Waals surface area contributed by atoms with E-state index in [2.05, 4.69) is 10.6 Å². The molecule has 1 fully saturated rings. The number of carbonyl (C=O) groups is 2. The zero-order chi connectivity index (χ0) is 15.2. The topological polar surface area (TPSA) is 93.4 Å². The summed E-state index contributed by atoms with van der Waals surface area (Å²) in [7, 11) is 1.33. The highest BCUT2D eigenvalue weighted by Gasteiger charge is 2.22. The van der Waals surface area contributed by atoms with Crippen molar-refractivity contribution in [2.45, 2.75) is 31.7 Å². The zero-order valence-electron chi connectivity index (χ0n) is 12.1. The van der Waals surface area contributed by atoms with Gasteiger partial charge in [-0.25, -0.2) is 4.79 Å². The summed E-state index contributed by atoms with van der Waals surface area (Å²) >= 11 is 0. The predicted octanol–water partition coefficient (Wildman–Crippen LogP) is 1.53. The SMILES string of the molecule is COC(=O)c1cc(N)ccc1NCCCC(=O)NC1CC1. The highest BCUT2D eigenvalue weighted by molar-refractivity contribution is 5.96. The first-order chi connectivity index (χ1) is 10.1. The molecule has 2 rings (SSSR count). The Morgan fingerprint density at radius 1 is 1.38 bits per heavy atom. The van der Waals surface area contributed by atoms with Gasteiger partial charge in [-0.05, 0) is 37.5 Å². The largest absolute Gasteiger partial charge is 0.465 e. The Balaban J connectivity index is 1.81. The number of hydrogen-bond acceptors (Lipinski definition) is 5. The first kappa shape index (κ1) is 15.2. The summed E-state index contributed by atoms with van der Waals surface area (Å²) in [6, 6.07) is 5.43. The molecule has 1 saturated carbocycles. The van der Waals surface area contributed by atoms with Crippen LogP contribution in [0.4, 0.5) is 11.4 Å². The first-order valence-corrected chi connectivity index (χ1v) is 7.11. The smallest absolute Gasteiger partial charge is 0.340 e. The number of esters is 1. The van der Waals surface area contributed by atoms with Gasteiger partial charge in [-0.1, -0.05) is 0 Å². The molecule has 1 aromatic carbocycles. The number of benzene rings is 1. The second-order valence-corrected chi connectivity index (χ2v) is 5.17. The lowest BCUT2D eigenvalue weighted by molar-refractivity contribution is -0.121. The van der Waals surface area contributed by atoms with Crippen molar-refractivity contribution in [2.75, 3.05) is 24.7 Å². The summed E-state index contributed by atoms with van der Waals surface area (Å²) in [5, 5.41) is 6.09. The molecule has 21 heavy (non-hydrogen) atoms. The molecule has 1 aliphatic carbocycles. The molecular formula is C15H21N3O3. The molecule has 0 radical (unpaired) electrons. The van der Waals surface area contributed by atoms with E-state index in [9.17, 15) is 9.59 Å². The van der Waals surface area contributed by atoms with Crippen LogP contribution >= 0.6 is 0 Å². The number of nitrogens with two attached hydrogens (primary N) is 1. The maximum Gasteiger partial charge on any atom is 0.340 e. The van der Waals surface area contributed by atoms with Crippen molar-refractivity contribution in [1.82, 2.24) is 5.32 Å². The summed E-state index contributed by atoms with van der Waals surface area (Å²) in [6.07, 6.45) is 3.37. The van der Waals surface area contributed by atoms with E-state index in [1.54, 1.807) is 18.2 Å². The number of methoxy groups -OCH3 is 1. The van der Waals surface area contributed by atoms with Crippen LogP contribution in [0, 0.1) is 0 Å². The standard InChI is InChI=1S/C15H21N3O3/c1-21-15(20)12-9-10(16)4-7-13(12)17-8-2-3-14(19)18-11-5-6-11/h4,7,9,11,17H,2-3,5-6,8,16H2,1H3,(H,18,19).